The van der Waals surface area contributed by atoms with E-state index in [4.69, 9.17) is 4.74 Å². The molecule has 0 saturated carbocycles. The molecule has 1 atom stereocenters. The molecule has 0 aliphatic carbocycles. The van der Waals surface area contributed by atoms with Crippen LogP contribution in [-0.2, 0) is 4.74 Å². The molecule has 0 aromatic heterocycles. The molecule has 0 N–H and O–H groups in total. The number of alkyl halides is 1. The lowest BCUT2D eigenvalue weighted by Crippen LogP contribution is -2.08. The smallest absolute Gasteiger partial charge is 0.338 e. The van der Waals surface area contributed by atoms with Crippen LogP contribution < -0.4 is 0 Å². The summed E-state index contributed by atoms with van der Waals surface area (Å²) in [5.41, 5.74) is 2.58. The van der Waals surface area contributed by atoms with Crippen molar-refractivity contribution < 1.29 is 9.53 Å². The number of carbonyl (C=O) groups is 1. The van der Waals surface area contributed by atoms with Crippen molar-refractivity contribution in [3.05, 3.63) is 34.9 Å². The fourth-order valence-electron chi connectivity index (χ4n) is 1.40. The van der Waals surface area contributed by atoms with E-state index in [0.29, 0.717) is 5.56 Å². The maximum Gasteiger partial charge on any atom is 0.338 e. The molecule has 0 fully saturated rings. The number of esters is 1. The number of benzene rings is 1. The predicted octanol–water partition coefficient (Wildman–Crippen LogP) is 3.24. The predicted molar refractivity (Wildman–Crippen MR) is 59.9 cm³/mol. The molecule has 1 aromatic rings. The van der Waals surface area contributed by atoms with E-state index in [2.05, 4.69) is 15.9 Å². The number of halogens is 1. The number of methoxy groups -OCH3 is 1. The minimum atomic E-state index is -0.274. The SMILES string of the molecule is COC(=O)c1c(C)cccc1C(C)Br. The van der Waals surface area contributed by atoms with Gasteiger partial charge in [0.1, 0.15) is 0 Å². The van der Waals surface area contributed by atoms with E-state index in [-0.39, 0.29) is 10.8 Å². The highest BCUT2D eigenvalue weighted by molar-refractivity contribution is 9.09. The van der Waals surface area contributed by atoms with Crippen LogP contribution in [-0.4, -0.2) is 13.1 Å². The van der Waals surface area contributed by atoms with Gasteiger partial charge in [-0.25, -0.2) is 4.79 Å². The van der Waals surface area contributed by atoms with Crippen LogP contribution in [0.25, 0.3) is 0 Å². The maximum atomic E-state index is 11.5. The van der Waals surface area contributed by atoms with Gasteiger partial charge in [0.15, 0.2) is 0 Å². The second kappa shape index (κ2) is 4.60. The molecule has 3 heteroatoms. The van der Waals surface area contributed by atoms with Gasteiger partial charge in [0.2, 0.25) is 0 Å². The highest BCUT2D eigenvalue weighted by atomic mass is 79.9. The number of carbonyl (C=O) groups excluding carboxylic acids is 1. The summed E-state index contributed by atoms with van der Waals surface area (Å²) in [6.45, 7) is 3.90. The van der Waals surface area contributed by atoms with Crippen molar-refractivity contribution in [1.82, 2.24) is 0 Å². The molecule has 76 valence electrons. The summed E-state index contributed by atoms with van der Waals surface area (Å²) in [6.07, 6.45) is 0. The standard InChI is InChI=1S/C11H13BrO2/c1-7-5-4-6-9(8(2)12)10(7)11(13)14-3/h4-6,8H,1-3H3. The van der Waals surface area contributed by atoms with E-state index in [1.54, 1.807) is 0 Å². The number of ether oxygens (including phenoxy) is 1. The molecule has 0 radical (unpaired) electrons. The monoisotopic (exact) mass is 256 g/mol. The second-order valence-corrected chi connectivity index (χ2v) is 4.52. The van der Waals surface area contributed by atoms with Crippen LogP contribution >= 0.6 is 15.9 Å². The van der Waals surface area contributed by atoms with Crippen molar-refractivity contribution in [2.24, 2.45) is 0 Å². The minimum Gasteiger partial charge on any atom is -0.465 e. The molecule has 2 nitrogen and oxygen atoms in total. The Morgan fingerprint density at radius 3 is 2.64 bits per heavy atom. The molecule has 0 heterocycles. The van der Waals surface area contributed by atoms with Gasteiger partial charge in [-0.2, -0.15) is 0 Å². The average Bonchev–Trinajstić information content (AvgIpc) is 2.16. The van der Waals surface area contributed by atoms with E-state index in [9.17, 15) is 4.79 Å². The van der Waals surface area contributed by atoms with Crippen molar-refractivity contribution in [2.45, 2.75) is 18.7 Å². The summed E-state index contributed by atoms with van der Waals surface area (Å²) in [5.74, 6) is -0.274. The van der Waals surface area contributed by atoms with Gasteiger partial charge in [-0.3, -0.25) is 0 Å². The Balaban J connectivity index is 3.29. The molecule has 0 bridgehead atoms. The van der Waals surface area contributed by atoms with Gasteiger partial charge in [0, 0.05) is 4.83 Å². The maximum absolute atomic E-state index is 11.5. The number of aryl methyl sites for hydroxylation is 1. The molecular weight excluding hydrogens is 244 g/mol. The average molecular weight is 257 g/mol. The molecule has 1 unspecified atom stereocenters. The number of rotatable bonds is 2. The van der Waals surface area contributed by atoms with Gasteiger partial charge in [-0.15, -0.1) is 0 Å². The second-order valence-electron chi connectivity index (χ2n) is 3.15. The van der Waals surface area contributed by atoms with Crippen molar-refractivity contribution in [3.8, 4) is 0 Å². The van der Waals surface area contributed by atoms with E-state index in [0.717, 1.165) is 11.1 Å². The quantitative estimate of drug-likeness (QED) is 0.600. The van der Waals surface area contributed by atoms with Gasteiger partial charge in [-0.05, 0) is 25.0 Å². The first-order valence-corrected chi connectivity index (χ1v) is 5.31. The van der Waals surface area contributed by atoms with Crippen molar-refractivity contribution in [3.63, 3.8) is 0 Å². The minimum absolute atomic E-state index is 0.150. The number of hydrogen-bond donors (Lipinski definition) is 0. The zero-order valence-corrected chi connectivity index (χ0v) is 10.1. The molecule has 1 aromatic carbocycles. The van der Waals surface area contributed by atoms with E-state index >= 15 is 0 Å². The molecule has 0 aliphatic rings. The van der Waals surface area contributed by atoms with Crippen molar-refractivity contribution in [1.29, 1.82) is 0 Å². The zero-order chi connectivity index (χ0) is 10.7. The third-order valence-corrected chi connectivity index (χ3v) is 2.62. The van der Waals surface area contributed by atoms with Gasteiger partial charge < -0.3 is 4.74 Å². The van der Waals surface area contributed by atoms with Crippen LogP contribution in [0.4, 0.5) is 0 Å². The Bertz CT molecular complexity index is 345. The van der Waals surface area contributed by atoms with Crippen LogP contribution in [0, 0.1) is 6.92 Å². The first-order valence-electron chi connectivity index (χ1n) is 4.39. The Morgan fingerprint density at radius 1 is 1.50 bits per heavy atom. The summed E-state index contributed by atoms with van der Waals surface area (Å²) < 4.78 is 4.75. The Kier molecular flexibility index (Phi) is 3.69. The van der Waals surface area contributed by atoms with Crippen molar-refractivity contribution in [2.75, 3.05) is 7.11 Å². The molecule has 0 amide bonds. The van der Waals surface area contributed by atoms with E-state index < -0.39 is 0 Å². The lowest BCUT2D eigenvalue weighted by atomic mass is 10.0. The first kappa shape index (κ1) is 11.2. The summed E-state index contributed by atoms with van der Waals surface area (Å²) in [7, 11) is 1.40. The van der Waals surface area contributed by atoms with E-state index in [1.807, 2.05) is 32.0 Å². The van der Waals surface area contributed by atoms with Gasteiger partial charge >= 0.3 is 5.97 Å². The molecule has 14 heavy (non-hydrogen) atoms. The Hall–Kier alpha value is -0.830. The first-order chi connectivity index (χ1) is 6.57. The fourth-order valence-corrected chi connectivity index (χ4v) is 1.78. The summed E-state index contributed by atoms with van der Waals surface area (Å²) in [4.78, 5) is 11.7. The van der Waals surface area contributed by atoms with Crippen LogP contribution in [0.5, 0.6) is 0 Å². The molecule has 0 saturated heterocycles. The third kappa shape index (κ3) is 2.15. The summed E-state index contributed by atoms with van der Waals surface area (Å²) in [6, 6.07) is 5.78. The molecule has 0 spiro atoms. The number of hydrogen-bond acceptors (Lipinski definition) is 2. The largest absolute Gasteiger partial charge is 0.465 e. The topological polar surface area (TPSA) is 26.3 Å². The molecule has 1 rings (SSSR count). The van der Waals surface area contributed by atoms with Gasteiger partial charge in [-0.1, -0.05) is 34.1 Å². The van der Waals surface area contributed by atoms with Crippen molar-refractivity contribution >= 4 is 21.9 Å². The lowest BCUT2D eigenvalue weighted by Gasteiger charge is -2.12. The highest BCUT2D eigenvalue weighted by Crippen LogP contribution is 2.27. The van der Waals surface area contributed by atoms with E-state index in [1.165, 1.54) is 7.11 Å². The third-order valence-electron chi connectivity index (χ3n) is 2.12. The van der Waals surface area contributed by atoms with Crippen LogP contribution in [0.2, 0.25) is 0 Å². The highest BCUT2D eigenvalue weighted by Gasteiger charge is 2.16. The van der Waals surface area contributed by atoms with Crippen LogP contribution in [0.1, 0.15) is 33.2 Å². The summed E-state index contributed by atoms with van der Waals surface area (Å²) in [5, 5.41) is 0. The molecule has 0 aliphatic heterocycles. The molecular formula is C11H13BrO2. The summed E-state index contributed by atoms with van der Waals surface area (Å²) >= 11 is 3.46. The zero-order valence-electron chi connectivity index (χ0n) is 8.50. The fraction of sp³-hybridized carbons (Fsp3) is 0.364. The normalized spacial score (nSPS) is 12.3. The van der Waals surface area contributed by atoms with Gasteiger partial charge in [0.25, 0.3) is 0 Å². The lowest BCUT2D eigenvalue weighted by molar-refractivity contribution is 0.0598. The van der Waals surface area contributed by atoms with Gasteiger partial charge in [0.05, 0.1) is 12.7 Å². The van der Waals surface area contributed by atoms with Crippen LogP contribution in [0.15, 0.2) is 18.2 Å². The Morgan fingerprint density at radius 2 is 2.14 bits per heavy atom. The van der Waals surface area contributed by atoms with Crippen LogP contribution in [0.3, 0.4) is 0 Å². The Labute approximate surface area is 92.4 Å².